The normalized spacial score (nSPS) is 28.3. The zero-order chi connectivity index (χ0) is 14.3. The number of aromatic nitrogens is 1. The van der Waals surface area contributed by atoms with Crippen molar-refractivity contribution < 1.29 is 14.7 Å². The number of aliphatic hydroxyl groups is 1. The summed E-state index contributed by atoms with van der Waals surface area (Å²) in [6.45, 7) is 1.53. The number of carbonyl (C=O) groups is 2. The summed E-state index contributed by atoms with van der Waals surface area (Å²) in [5.74, 6) is -0.651. The molecule has 3 rings (SSSR count). The van der Waals surface area contributed by atoms with Crippen LogP contribution in [0.5, 0.6) is 0 Å². The van der Waals surface area contributed by atoms with Gasteiger partial charge < -0.3 is 5.11 Å². The minimum Gasteiger partial charge on any atom is -0.380 e. The first-order valence-corrected chi connectivity index (χ1v) is 6.39. The van der Waals surface area contributed by atoms with Gasteiger partial charge >= 0.3 is 0 Å². The lowest BCUT2D eigenvalue weighted by atomic mass is 9.85. The number of aldehydes is 1. The van der Waals surface area contributed by atoms with Crippen molar-refractivity contribution in [1.29, 1.82) is 0 Å². The molecular formula is C15H14N2O3. The van der Waals surface area contributed by atoms with Gasteiger partial charge in [0.15, 0.2) is 6.29 Å². The smallest absolute Gasteiger partial charge is 0.263 e. The molecule has 0 saturated carbocycles. The maximum absolute atomic E-state index is 12.5. The third kappa shape index (κ3) is 1.71. The molecule has 1 N–H and O–H groups in total. The van der Waals surface area contributed by atoms with E-state index in [0.29, 0.717) is 24.0 Å². The van der Waals surface area contributed by atoms with Crippen LogP contribution in [-0.4, -0.2) is 27.9 Å². The van der Waals surface area contributed by atoms with Crippen molar-refractivity contribution in [2.45, 2.75) is 18.9 Å². The summed E-state index contributed by atoms with van der Waals surface area (Å²) in [6, 6.07) is 1.59. The van der Waals surface area contributed by atoms with E-state index in [0.717, 1.165) is 5.70 Å². The van der Waals surface area contributed by atoms with Crippen LogP contribution in [0.2, 0.25) is 0 Å². The van der Waals surface area contributed by atoms with Crippen LogP contribution in [0.15, 0.2) is 42.4 Å². The van der Waals surface area contributed by atoms with E-state index in [4.69, 9.17) is 0 Å². The van der Waals surface area contributed by atoms with Crippen molar-refractivity contribution in [3.63, 3.8) is 0 Å². The van der Waals surface area contributed by atoms with Crippen LogP contribution in [0, 0.1) is 5.92 Å². The van der Waals surface area contributed by atoms with Gasteiger partial charge in [0.25, 0.3) is 5.91 Å². The minimum atomic E-state index is -1.44. The average Bonchev–Trinajstić information content (AvgIpc) is 2.67. The molecule has 1 aliphatic carbocycles. The highest BCUT2D eigenvalue weighted by atomic mass is 16.3. The molecule has 1 saturated heterocycles. The number of fused-ring (bicyclic) bond motifs is 1. The Balaban J connectivity index is 2.12. The highest BCUT2D eigenvalue weighted by Gasteiger charge is 2.53. The van der Waals surface area contributed by atoms with Crippen LogP contribution < -0.4 is 4.90 Å². The number of nitrogens with zero attached hydrogens (tertiary/aromatic N) is 2. The molecule has 1 aromatic rings. The Bertz CT molecular complexity index is 646. The fourth-order valence-corrected chi connectivity index (χ4v) is 2.76. The molecule has 5 heteroatoms. The first kappa shape index (κ1) is 12.7. The maximum Gasteiger partial charge on any atom is 0.263 e. The summed E-state index contributed by atoms with van der Waals surface area (Å²) in [4.78, 5) is 28.8. The Morgan fingerprint density at radius 3 is 3.05 bits per heavy atom. The highest BCUT2D eigenvalue weighted by molar-refractivity contribution is 6.06. The first-order chi connectivity index (χ1) is 9.55. The Morgan fingerprint density at radius 2 is 2.30 bits per heavy atom. The van der Waals surface area contributed by atoms with Crippen LogP contribution in [0.25, 0.3) is 0 Å². The molecular weight excluding hydrogens is 256 g/mol. The van der Waals surface area contributed by atoms with Crippen LogP contribution in [0.4, 0.5) is 5.69 Å². The van der Waals surface area contributed by atoms with Crippen molar-refractivity contribution in [3.8, 4) is 0 Å². The second-order valence-electron chi connectivity index (χ2n) is 5.19. The van der Waals surface area contributed by atoms with Crippen molar-refractivity contribution >= 4 is 17.9 Å². The van der Waals surface area contributed by atoms with Gasteiger partial charge in [-0.15, -0.1) is 0 Å². The SMILES string of the molecule is CC1(O)C(=O)N(c2cncc(C=O)c2)C2=CC=CCC21. The number of rotatable bonds is 2. The van der Waals surface area contributed by atoms with Gasteiger partial charge in [-0.1, -0.05) is 12.2 Å². The molecule has 2 atom stereocenters. The Morgan fingerprint density at radius 1 is 1.50 bits per heavy atom. The van der Waals surface area contributed by atoms with Crippen molar-refractivity contribution in [2.24, 2.45) is 5.92 Å². The third-order valence-electron chi connectivity index (χ3n) is 3.84. The van der Waals surface area contributed by atoms with E-state index in [2.05, 4.69) is 4.98 Å². The molecule has 0 bridgehead atoms. The van der Waals surface area contributed by atoms with Gasteiger partial charge in [-0.05, 0) is 25.5 Å². The van der Waals surface area contributed by atoms with Gasteiger partial charge in [-0.3, -0.25) is 19.5 Å². The second kappa shape index (κ2) is 4.38. The fourth-order valence-electron chi connectivity index (χ4n) is 2.76. The summed E-state index contributed by atoms with van der Waals surface area (Å²) >= 11 is 0. The first-order valence-electron chi connectivity index (χ1n) is 6.39. The predicted octanol–water partition coefficient (Wildman–Crippen LogP) is 1.45. The fraction of sp³-hybridized carbons (Fsp3) is 0.267. The number of pyridine rings is 1. The van der Waals surface area contributed by atoms with Crippen molar-refractivity contribution in [1.82, 2.24) is 4.98 Å². The van der Waals surface area contributed by atoms with E-state index in [1.54, 1.807) is 6.07 Å². The molecule has 0 radical (unpaired) electrons. The lowest BCUT2D eigenvalue weighted by Gasteiger charge is -2.22. The molecule has 5 nitrogen and oxygen atoms in total. The average molecular weight is 270 g/mol. The second-order valence-corrected chi connectivity index (χ2v) is 5.19. The van der Waals surface area contributed by atoms with E-state index < -0.39 is 5.60 Å². The van der Waals surface area contributed by atoms with Crippen LogP contribution >= 0.6 is 0 Å². The largest absolute Gasteiger partial charge is 0.380 e. The van der Waals surface area contributed by atoms with Crippen LogP contribution in [0.1, 0.15) is 23.7 Å². The number of allylic oxidation sites excluding steroid dienone is 3. The van der Waals surface area contributed by atoms with Gasteiger partial charge in [-0.25, -0.2) is 0 Å². The molecule has 1 aromatic heterocycles. The third-order valence-corrected chi connectivity index (χ3v) is 3.84. The molecule has 0 spiro atoms. The molecule has 102 valence electrons. The van der Waals surface area contributed by atoms with Gasteiger partial charge in [0.05, 0.1) is 11.9 Å². The molecule has 1 fully saturated rings. The highest BCUT2D eigenvalue weighted by Crippen LogP contribution is 2.43. The lowest BCUT2D eigenvalue weighted by Crippen LogP contribution is -2.40. The summed E-state index contributed by atoms with van der Waals surface area (Å²) in [6.07, 6.45) is 9.86. The van der Waals surface area contributed by atoms with E-state index >= 15 is 0 Å². The summed E-state index contributed by atoms with van der Waals surface area (Å²) < 4.78 is 0. The zero-order valence-electron chi connectivity index (χ0n) is 11.0. The minimum absolute atomic E-state index is 0.264. The summed E-state index contributed by atoms with van der Waals surface area (Å²) in [5.41, 5.74) is 0.204. The van der Waals surface area contributed by atoms with Crippen molar-refractivity contribution in [2.75, 3.05) is 4.90 Å². The number of carbonyl (C=O) groups excluding carboxylic acids is 2. The van der Waals surface area contributed by atoms with E-state index in [1.165, 1.54) is 24.2 Å². The van der Waals surface area contributed by atoms with Gasteiger partial charge in [0.2, 0.25) is 0 Å². The summed E-state index contributed by atoms with van der Waals surface area (Å²) in [7, 11) is 0. The van der Waals surface area contributed by atoms with Crippen LogP contribution in [-0.2, 0) is 4.79 Å². The maximum atomic E-state index is 12.5. The molecule has 20 heavy (non-hydrogen) atoms. The zero-order valence-corrected chi connectivity index (χ0v) is 11.0. The standard InChI is InChI=1S/C15H14N2O3/c1-15(20)12-4-2-3-5-13(12)17(14(15)19)11-6-10(9-18)7-16-8-11/h2-3,5-9,12,20H,4H2,1H3. The monoisotopic (exact) mass is 270 g/mol. The number of anilines is 1. The molecule has 2 unspecified atom stereocenters. The van der Waals surface area contributed by atoms with Crippen LogP contribution in [0.3, 0.4) is 0 Å². The topological polar surface area (TPSA) is 70.5 Å². The number of amides is 1. The predicted molar refractivity (Wildman–Crippen MR) is 73.1 cm³/mol. The van der Waals surface area contributed by atoms with Gasteiger partial charge in [0.1, 0.15) is 5.60 Å². The van der Waals surface area contributed by atoms with Gasteiger partial charge in [0, 0.05) is 23.4 Å². The van der Waals surface area contributed by atoms with Gasteiger partial charge in [-0.2, -0.15) is 0 Å². The molecule has 2 aliphatic rings. The van der Waals surface area contributed by atoms with E-state index in [9.17, 15) is 14.7 Å². The number of hydrogen-bond acceptors (Lipinski definition) is 4. The number of hydrogen-bond donors (Lipinski definition) is 1. The molecule has 1 aliphatic heterocycles. The van der Waals surface area contributed by atoms with Crippen molar-refractivity contribution in [3.05, 3.63) is 47.9 Å². The Kier molecular flexibility index (Phi) is 2.79. The quantitative estimate of drug-likeness (QED) is 0.826. The molecule has 2 heterocycles. The van der Waals surface area contributed by atoms with E-state index in [-0.39, 0.29) is 11.8 Å². The Hall–Kier alpha value is -2.27. The lowest BCUT2D eigenvalue weighted by molar-refractivity contribution is -0.134. The summed E-state index contributed by atoms with van der Waals surface area (Å²) in [5, 5.41) is 10.5. The molecule has 1 amide bonds. The molecule has 0 aromatic carbocycles. The van der Waals surface area contributed by atoms with E-state index in [1.807, 2.05) is 18.2 Å². The Labute approximate surface area is 116 Å².